The van der Waals surface area contributed by atoms with Crippen LogP contribution < -0.4 is 0 Å². The molecule has 2 heterocycles. The minimum Gasteiger partial charge on any atom is -0.247 e. The van der Waals surface area contributed by atoms with Gasteiger partial charge in [0.1, 0.15) is 11.6 Å². The molecule has 0 aliphatic heterocycles. The van der Waals surface area contributed by atoms with E-state index in [-0.39, 0.29) is 55.5 Å². The van der Waals surface area contributed by atoms with Crippen LogP contribution in [0.3, 0.4) is 0 Å². The van der Waals surface area contributed by atoms with Crippen molar-refractivity contribution in [1.82, 2.24) is 15.0 Å². The Morgan fingerprint density at radius 2 is 0.964 bits per heavy atom. The molecule has 0 saturated heterocycles. The second-order valence-electron chi connectivity index (χ2n) is 12.5. The quantitative estimate of drug-likeness (QED) is 0.101. The lowest BCUT2D eigenvalue weighted by Gasteiger charge is -2.19. The highest BCUT2D eigenvalue weighted by molar-refractivity contribution is 6.22. The van der Waals surface area contributed by atoms with Gasteiger partial charge in [0, 0.05) is 32.8 Å². The molecule has 0 radical (unpaired) electrons. The van der Waals surface area contributed by atoms with Gasteiger partial charge < -0.3 is 0 Å². The van der Waals surface area contributed by atoms with E-state index in [2.05, 4.69) is 4.98 Å². The number of rotatable bonds is 4. The highest BCUT2D eigenvalue weighted by atomic mass is 19.4. The zero-order chi connectivity index (χ0) is 39.5. The van der Waals surface area contributed by atoms with Crippen LogP contribution in [0.25, 0.3) is 77.6 Å². The average Bonchev–Trinajstić information content (AvgIpc) is 3.22. The molecule has 0 unspecified atom stereocenters. The molecule has 0 spiro atoms. The number of nitrogens with zero attached hydrogens (tertiary/aromatic N) is 6. The van der Waals surface area contributed by atoms with Crippen LogP contribution in [0.1, 0.15) is 22.3 Å². The fourth-order valence-corrected chi connectivity index (χ4v) is 6.68. The molecule has 8 rings (SSSR count). The van der Waals surface area contributed by atoms with Crippen molar-refractivity contribution in [1.29, 1.82) is 15.8 Å². The van der Waals surface area contributed by atoms with E-state index in [4.69, 9.17) is 15.2 Å². The van der Waals surface area contributed by atoms with Crippen LogP contribution in [-0.4, -0.2) is 15.0 Å². The molecule has 0 aliphatic carbocycles. The Balaban J connectivity index is 1.45. The standard InChI is InChI=1S/C43H17F7N6/c44-35-28(20-53)36(45)38(47)32(37(35)46)23-13-15-24(16-14-23)39-34-29(43(48,49)50)17-31-42(33(34)27-3-1-2-4-30(27)54-39)56-41(26-11-7-22(19-52)8-12-26)40(55-31)25-9-5-21(18-51)6-10-25/h1-17H. The van der Waals surface area contributed by atoms with E-state index < -0.39 is 46.1 Å². The SMILES string of the molecule is N#Cc1ccc(-c2nc3cc(C(F)(F)F)c4c(-c5ccc(-c6c(F)c(F)c(C#N)c(F)c6F)cc5)nc5ccccc5c4c3nc2-c2ccc(C#N)cc2)cc1. The minimum absolute atomic E-state index is 0.0431. The first kappa shape index (κ1) is 35.3. The van der Waals surface area contributed by atoms with Gasteiger partial charge in [0.25, 0.3) is 0 Å². The molecule has 6 aromatic carbocycles. The Morgan fingerprint density at radius 3 is 1.50 bits per heavy atom. The zero-order valence-electron chi connectivity index (χ0n) is 28.1. The summed E-state index contributed by atoms with van der Waals surface area (Å²) >= 11 is 0. The van der Waals surface area contributed by atoms with Gasteiger partial charge in [-0.3, -0.25) is 0 Å². The Bertz CT molecular complexity index is 3040. The van der Waals surface area contributed by atoms with Gasteiger partial charge in [0.15, 0.2) is 23.3 Å². The number of fused-ring (bicyclic) bond motifs is 5. The van der Waals surface area contributed by atoms with Crippen molar-refractivity contribution >= 4 is 32.7 Å². The Morgan fingerprint density at radius 1 is 0.482 bits per heavy atom. The average molecular weight is 751 g/mol. The molecule has 0 fully saturated rings. The number of hydrogen-bond donors (Lipinski definition) is 0. The van der Waals surface area contributed by atoms with Crippen molar-refractivity contribution in [3.05, 3.63) is 149 Å². The fraction of sp³-hybridized carbons (Fsp3) is 0.0233. The summed E-state index contributed by atoms with van der Waals surface area (Å²) in [5.41, 5.74) is -1.77. The summed E-state index contributed by atoms with van der Waals surface area (Å²) in [4.78, 5) is 14.4. The zero-order valence-corrected chi connectivity index (χ0v) is 28.1. The number of halogens is 7. The minimum atomic E-state index is -4.98. The molecule has 0 atom stereocenters. The molecular formula is C43H17F7N6. The maximum atomic E-state index is 15.3. The van der Waals surface area contributed by atoms with E-state index in [0.29, 0.717) is 27.6 Å². The third kappa shape index (κ3) is 5.69. The van der Waals surface area contributed by atoms with E-state index in [0.717, 1.165) is 24.3 Å². The van der Waals surface area contributed by atoms with Crippen LogP contribution in [0.5, 0.6) is 0 Å². The number of aromatic nitrogens is 3. The first-order valence-corrected chi connectivity index (χ1v) is 16.5. The molecule has 0 bridgehead atoms. The van der Waals surface area contributed by atoms with E-state index in [1.807, 2.05) is 12.1 Å². The summed E-state index contributed by atoms with van der Waals surface area (Å²) in [5, 5.41) is 27.7. The number of hydrogen-bond acceptors (Lipinski definition) is 6. The second-order valence-corrected chi connectivity index (χ2v) is 12.5. The number of alkyl halides is 3. The molecule has 8 aromatic rings. The van der Waals surface area contributed by atoms with Gasteiger partial charge >= 0.3 is 6.18 Å². The molecule has 0 amide bonds. The molecule has 6 nitrogen and oxygen atoms in total. The predicted octanol–water partition coefficient (Wildman–Crippen LogP) is 11.2. The summed E-state index contributed by atoms with van der Waals surface area (Å²) in [6.45, 7) is 0. The van der Waals surface area contributed by atoms with E-state index >= 15 is 13.2 Å². The predicted molar refractivity (Wildman–Crippen MR) is 193 cm³/mol. The van der Waals surface area contributed by atoms with Crippen LogP contribution in [0.15, 0.2) is 103 Å². The summed E-state index contributed by atoms with van der Waals surface area (Å²) in [6, 6.07) is 29.7. The van der Waals surface area contributed by atoms with E-state index in [1.54, 1.807) is 72.8 Å². The number of nitriles is 3. The topological polar surface area (TPSA) is 110 Å². The van der Waals surface area contributed by atoms with Crippen LogP contribution in [0.4, 0.5) is 30.7 Å². The van der Waals surface area contributed by atoms with Gasteiger partial charge in [-0.05, 0) is 42.0 Å². The Kier molecular flexibility index (Phi) is 8.40. The molecule has 0 aliphatic rings. The maximum absolute atomic E-state index is 15.3. The Hall–Kier alpha value is -7.69. The van der Waals surface area contributed by atoms with Crippen LogP contribution in [-0.2, 0) is 6.18 Å². The summed E-state index contributed by atoms with van der Waals surface area (Å²) in [7, 11) is 0. The maximum Gasteiger partial charge on any atom is 0.417 e. The van der Waals surface area contributed by atoms with Gasteiger partial charge in [-0.1, -0.05) is 66.7 Å². The van der Waals surface area contributed by atoms with E-state index in [1.165, 1.54) is 12.1 Å². The molecule has 0 N–H and O–H groups in total. The van der Waals surface area contributed by atoms with Crippen molar-refractivity contribution in [2.75, 3.05) is 0 Å². The Labute approximate surface area is 311 Å². The van der Waals surface area contributed by atoms with Crippen molar-refractivity contribution in [2.24, 2.45) is 0 Å². The highest BCUT2D eigenvalue weighted by Gasteiger charge is 2.36. The molecule has 56 heavy (non-hydrogen) atoms. The van der Waals surface area contributed by atoms with Crippen molar-refractivity contribution in [3.63, 3.8) is 0 Å². The molecular weight excluding hydrogens is 734 g/mol. The van der Waals surface area contributed by atoms with Crippen LogP contribution in [0.2, 0.25) is 0 Å². The lowest BCUT2D eigenvalue weighted by Crippen LogP contribution is -2.09. The monoisotopic (exact) mass is 750 g/mol. The first-order valence-electron chi connectivity index (χ1n) is 16.5. The summed E-state index contributed by atoms with van der Waals surface area (Å²) < 4.78 is 105. The van der Waals surface area contributed by atoms with E-state index in [9.17, 15) is 28.1 Å². The first-order chi connectivity index (χ1) is 26.9. The van der Waals surface area contributed by atoms with Crippen LogP contribution >= 0.6 is 0 Å². The van der Waals surface area contributed by atoms with Crippen molar-refractivity contribution < 1.29 is 30.7 Å². The summed E-state index contributed by atoms with van der Waals surface area (Å²) in [6.07, 6.45) is -4.98. The summed E-state index contributed by atoms with van der Waals surface area (Å²) in [5.74, 6) is -7.41. The molecule has 268 valence electrons. The number of para-hydroxylation sites is 1. The van der Waals surface area contributed by atoms with Gasteiger partial charge in [-0.25, -0.2) is 32.5 Å². The largest absolute Gasteiger partial charge is 0.417 e. The van der Waals surface area contributed by atoms with Crippen LogP contribution in [0, 0.1) is 57.3 Å². The van der Waals surface area contributed by atoms with Gasteiger partial charge in [0.2, 0.25) is 0 Å². The third-order valence-corrected chi connectivity index (χ3v) is 9.30. The number of benzene rings is 6. The smallest absolute Gasteiger partial charge is 0.247 e. The third-order valence-electron chi connectivity index (χ3n) is 9.30. The fourth-order valence-electron chi connectivity index (χ4n) is 6.68. The normalized spacial score (nSPS) is 11.4. The molecule has 0 saturated carbocycles. The van der Waals surface area contributed by atoms with Crippen molar-refractivity contribution in [2.45, 2.75) is 6.18 Å². The van der Waals surface area contributed by atoms with Gasteiger partial charge in [-0.15, -0.1) is 0 Å². The van der Waals surface area contributed by atoms with Crippen molar-refractivity contribution in [3.8, 4) is 63.1 Å². The second kappa shape index (κ2) is 13.3. The number of pyridine rings is 1. The highest BCUT2D eigenvalue weighted by Crippen LogP contribution is 2.46. The van der Waals surface area contributed by atoms with Gasteiger partial charge in [0.05, 0.1) is 68.0 Å². The molecule has 2 aromatic heterocycles. The van der Waals surface area contributed by atoms with Gasteiger partial charge in [-0.2, -0.15) is 29.0 Å². The lowest BCUT2D eigenvalue weighted by atomic mass is 9.92. The lowest BCUT2D eigenvalue weighted by molar-refractivity contribution is -0.136. The molecule has 13 heteroatoms.